The van der Waals surface area contributed by atoms with E-state index in [0.29, 0.717) is 0 Å². The van der Waals surface area contributed by atoms with Crippen LogP contribution in [0, 0.1) is 11.6 Å². The molecular weight excluding hydrogens is 176 g/mol. The van der Waals surface area contributed by atoms with Gasteiger partial charge in [0.25, 0.3) is 0 Å². The van der Waals surface area contributed by atoms with Gasteiger partial charge in [0.2, 0.25) is 0 Å². The quantitative estimate of drug-likeness (QED) is 0.590. The second-order valence-electron chi connectivity index (χ2n) is 2.71. The van der Waals surface area contributed by atoms with Crippen LogP contribution in [0.1, 0.15) is 11.6 Å². The van der Waals surface area contributed by atoms with Gasteiger partial charge in [-0.25, -0.2) is 8.78 Å². The average Bonchev–Trinajstić information content (AvgIpc) is 2.12. The highest BCUT2D eigenvalue weighted by Gasteiger charge is 2.16. The number of halogens is 2. The summed E-state index contributed by atoms with van der Waals surface area (Å²) >= 11 is 0. The third kappa shape index (κ3) is 1.76. The zero-order valence-corrected chi connectivity index (χ0v) is 6.93. The van der Waals surface area contributed by atoms with Gasteiger partial charge < -0.3 is 17.2 Å². The van der Waals surface area contributed by atoms with E-state index in [-0.39, 0.29) is 17.8 Å². The fourth-order valence-electron chi connectivity index (χ4n) is 1.08. The van der Waals surface area contributed by atoms with E-state index in [9.17, 15) is 8.78 Å². The van der Waals surface area contributed by atoms with Crippen LogP contribution < -0.4 is 17.2 Å². The average molecular weight is 187 g/mol. The molecule has 13 heavy (non-hydrogen) atoms. The van der Waals surface area contributed by atoms with Crippen LogP contribution in [0.5, 0.6) is 0 Å². The van der Waals surface area contributed by atoms with Gasteiger partial charge in [0.1, 0.15) is 0 Å². The molecule has 0 spiro atoms. The maximum atomic E-state index is 13.1. The Kier molecular flexibility index (Phi) is 2.79. The van der Waals surface area contributed by atoms with Crippen LogP contribution in [-0.2, 0) is 0 Å². The van der Waals surface area contributed by atoms with Crippen molar-refractivity contribution in [3.63, 3.8) is 0 Å². The van der Waals surface area contributed by atoms with Crippen LogP contribution in [0.4, 0.5) is 14.5 Å². The molecule has 0 heterocycles. The van der Waals surface area contributed by atoms with Crippen molar-refractivity contribution in [1.82, 2.24) is 0 Å². The van der Waals surface area contributed by atoms with Crippen molar-refractivity contribution in [1.29, 1.82) is 0 Å². The molecule has 0 aliphatic heterocycles. The number of nitrogens with two attached hydrogens (primary N) is 3. The van der Waals surface area contributed by atoms with Gasteiger partial charge in [0, 0.05) is 23.8 Å². The Labute approximate surface area is 74.5 Å². The number of benzene rings is 1. The van der Waals surface area contributed by atoms with Crippen LogP contribution in [0.2, 0.25) is 0 Å². The van der Waals surface area contributed by atoms with Crippen molar-refractivity contribution in [2.75, 3.05) is 12.3 Å². The summed E-state index contributed by atoms with van der Waals surface area (Å²) in [4.78, 5) is 0. The van der Waals surface area contributed by atoms with E-state index in [1.54, 1.807) is 0 Å². The summed E-state index contributed by atoms with van der Waals surface area (Å²) < 4.78 is 25.8. The van der Waals surface area contributed by atoms with E-state index in [0.717, 1.165) is 6.07 Å². The Hall–Kier alpha value is -1.20. The first-order valence-corrected chi connectivity index (χ1v) is 3.77. The molecule has 0 radical (unpaired) electrons. The number of nitrogen functional groups attached to an aromatic ring is 1. The number of rotatable bonds is 2. The molecule has 0 aliphatic rings. The molecule has 6 N–H and O–H groups in total. The first-order valence-electron chi connectivity index (χ1n) is 3.77. The van der Waals surface area contributed by atoms with Crippen LogP contribution in [0.3, 0.4) is 0 Å². The highest BCUT2D eigenvalue weighted by Crippen LogP contribution is 2.23. The molecule has 0 aliphatic carbocycles. The minimum Gasteiger partial charge on any atom is -0.398 e. The summed E-state index contributed by atoms with van der Waals surface area (Å²) in [5.41, 5.74) is 16.2. The van der Waals surface area contributed by atoms with E-state index < -0.39 is 17.7 Å². The number of hydrogen-bond acceptors (Lipinski definition) is 3. The Morgan fingerprint density at radius 1 is 1.31 bits per heavy atom. The van der Waals surface area contributed by atoms with Crippen molar-refractivity contribution >= 4 is 5.69 Å². The monoisotopic (exact) mass is 187 g/mol. The summed E-state index contributed by atoms with van der Waals surface area (Å²) in [6.45, 7) is 0.0184. The van der Waals surface area contributed by atoms with Crippen LogP contribution >= 0.6 is 0 Å². The van der Waals surface area contributed by atoms with E-state index in [1.807, 2.05) is 0 Å². The molecule has 0 saturated carbocycles. The Balaban J connectivity index is 3.25. The lowest BCUT2D eigenvalue weighted by molar-refractivity contribution is 0.490. The smallest absolute Gasteiger partial charge is 0.165 e. The molecule has 0 bridgehead atoms. The second kappa shape index (κ2) is 3.68. The topological polar surface area (TPSA) is 78.1 Å². The molecule has 5 heteroatoms. The lowest BCUT2D eigenvalue weighted by atomic mass is 10.0. The first kappa shape index (κ1) is 9.88. The Morgan fingerprint density at radius 2 is 1.92 bits per heavy atom. The highest BCUT2D eigenvalue weighted by atomic mass is 19.2. The standard InChI is InChI=1S/C8H11F2N3/c9-4-1-2-5(12)7(8(4)10)6(13)3-11/h1-2,6H,3,11-13H2. The van der Waals surface area contributed by atoms with Gasteiger partial charge in [-0.15, -0.1) is 0 Å². The molecule has 1 aromatic rings. The lowest BCUT2D eigenvalue weighted by Gasteiger charge is -2.13. The van der Waals surface area contributed by atoms with Crippen molar-refractivity contribution in [3.8, 4) is 0 Å². The fraction of sp³-hybridized carbons (Fsp3) is 0.250. The highest BCUT2D eigenvalue weighted by molar-refractivity contribution is 5.49. The third-order valence-electron chi connectivity index (χ3n) is 1.79. The largest absolute Gasteiger partial charge is 0.398 e. The van der Waals surface area contributed by atoms with Crippen molar-refractivity contribution < 1.29 is 8.78 Å². The number of anilines is 1. The predicted octanol–water partition coefficient (Wildman–Crippen LogP) is 0.506. The number of hydrogen-bond donors (Lipinski definition) is 3. The van der Waals surface area contributed by atoms with E-state index in [2.05, 4.69) is 0 Å². The molecule has 1 atom stereocenters. The molecule has 0 saturated heterocycles. The lowest BCUT2D eigenvalue weighted by Crippen LogP contribution is -2.23. The van der Waals surface area contributed by atoms with Gasteiger partial charge in [-0.3, -0.25) is 0 Å². The first-order chi connectivity index (χ1) is 6.07. The van der Waals surface area contributed by atoms with Gasteiger partial charge in [-0.2, -0.15) is 0 Å². The molecule has 0 fully saturated rings. The maximum absolute atomic E-state index is 13.1. The molecule has 0 amide bonds. The van der Waals surface area contributed by atoms with Crippen LogP contribution in [-0.4, -0.2) is 6.54 Å². The van der Waals surface area contributed by atoms with E-state index in [4.69, 9.17) is 17.2 Å². The van der Waals surface area contributed by atoms with Crippen LogP contribution in [0.15, 0.2) is 12.1 Å². The summed E-state index contributed by atoms with van der Waals surface area (Å²) in [5, 5.41) is 0. The zero-order chi connectivity index (χ0) is 10.0. The molecular formula is C8H11F2N3. The summed E-state index contributed by atoms with van der Waals surface area (Å²) in [6.07, 6.45) is 0. The minimum atomic E-state index is -1.02. The Morgan fingerprint density at radius 3 is 2.46 bits per heavy atom. The van der Waals surface area contributed by atoms with E-state index >= 15 is 0 Å². The van der Waals surface area contributed by atoms with Crippen molar-refractivity contribution in [2.24, 2.45) is 11.5 Å². The SMILES string of the molecule is NCC(N)c1c(N)ccc(F)c1F. The molecule has 1 aromatic carbocycles. The minimum absolute atomic E-state index is 0.0184. The fourth-order valence-corrected chi connectivity index (χ4v) is 1.08. The second-order valence-corrected chi connectivity index (χ2v) is 2.71. The normalized spacial score (nSPS) is 12.9. The van der Waals surface area contributed by atoms with Gasteiger partial charge in [0.05, 0.1) is 0 Å². The van der Waals surface area contributed by atoms with E-state index in [1.165, 1.54) is 6.07 Å². The van der Waals surface area contributed by atoms with Crippen LogP contribution in [0.25, 0.3) is 0 Å². The summed E-state index contributed by atoms with van der Waals surface area (Å²) in [6, 6.07) is 1.46. The molecule has 1 unspecified atom stereocenters. The molecule has 1 rings (SSSR count). The molecule has 0 aromatic heterocycles. The summed E-state index contributed by atoms with van der Waals surface area (Å²) in [7, 11) is 0. The maximum Gasteiger partial charge on any atom is 0.165 e. The Bertz CT molecular complexity index is 315. The zero-order valence-electron chi connectivity index (χ0n) is 6.93. The summed E-state index contributed by atoms with van der Waals surface area (Å²) in [5.74, 6) is -1.98. The van der Waals surface area contributed by atoms with Gasteiger partial charge in [0.15, 0.2) is 11.6 Å². The van der Waals surface area contributed by atoms with Gasteiger partial charge in [-0.05, 0) is 12.1 Å². The van der Waals surface area contributed by atoms with Crippen molar-refractivity contribution in [3.05, 3.63) is 29.3 Å². The van der Waals surface area contributed by atoms with Gasteiger partial charge in [-0.1, -0.05) is 0 Å². The van der Waals surface area contributed by atoms with Gasteiger partial charge >= 0.3 is 0 Å². The molecule has 3 nitrogen and oxygen atoms in total. The van der Waals surface area contributed by atoms with Crippen molar-refractivity contribution in [2.45, 2.75) is 6.04 Å². The third-order valence-corrected chi connectivity index (χ3v) is 1.79. The molecule has 72 valence electrons. The predicted molar refractivity (Wildman–Crippen MR) is 46.8 cm³/mol.